The maximum atomic E-state index is 5.71. The van der Waals surface area contributed by atoms with Gasteiger partial charge in [0.15, 0.2) is 0 Å². The van der Waals surface area contributed by atoms with Crippen LogP contribution in [0.1, 0.15) is 12.8 Å². The van der Waals surface area contributed by atoms with Crippen LogP contribution in [0, 0.1) is 0 Å². The van der Waals surface area contributed by atoms with E-state index in [1.54, 1.807) is 6.33 Å². The molecule has 0 spiro atoms. The highest BCUT2D eigenvalue weighted by Crippen LogP contribution is 2.27. The van der Waals surface area contributed by atoms with E-state index in [4.69, 9.17) is 5.73 Å². The van der Waals surface area contributed by atoms with Gasteiger partial charge >= 0.3 is 0 Å². The average molecular weight is 200 g/mol. The Morgan fingerprint density at radius 1 is 1.27 bits per heavy atom. The number of hydrogen-bond donors (Lipinski definition) is 2. The number of anilines is 2. The summed E-state index contributed by atoms with van der Waals surface area (Å²) in [6.45, 7) is 0. The van der Waals surface area contributed by atoms with E-state index in [-0.39, 0.29) is 0 Å². The zero-order chi connectivity index (χ0) is 10.3. The van der Waals surface area contributed by atoms with Crippen molar-refractivity contribution in [3.63, 3.8) is 0 Å². The molecular formula is C11H12N4. The third kappa shape index (κ3) is 1.58. The van der Waals surface area contributed by atoms with Gasteiger partial charge in [0.25, 0.3) is 0 Å². The lowest BCUT2D eigenvalue weighted by Gasteiger charge is -2.06. The fraction of sp³-hybridized carbons (Fsp3) is 0.273. The largest absolute Gasteiger partial charge is 0.399 e. The second-order valence-electron chi connectivity index (χ2n) is 3.92. The van der Waals surface area contributed by atoms with E-state index in [2.05, 4.69) is 15.3 Å². The first kappa shape index (κ1) is 8.47. The smallest absolute Gasteiger partial charge is 0.137 e. The van der Waals surface area contributed by atoms with Crippen molar-refractivity contribution in [2.75, 3.05) is 11.1 Å². The third-order valence-corrected chi connectivity index (χ3v) is 2.58. The van der Waals surface area contributed by atoms with Gasteiger partial charge in [-0.15, -0.1) is 0 Å². The first-order chi connectivity index (χ1) is 7.33. The van der Waals surface area contributed by atoms with Crippen LogP contribution in [0.4, 0.5) is 11.5 Å². The monoisotopic (exact) mass is 200 g/mol. The molecule has 0 saturated heterocycles. The third-order valence-electron chi connectivity index (χ3n) is 2.58. The lowest BCUT2D eigenvalue weighted by Crippen LogP contribution is -2.04. The Kier molecular flexibility index (Phi) is 1.74. The zero-order valence-electron chi connectivity index (χ0n) is 8.27. The maximum absolute atomic E-state index is 5.71. The minimum absolute atomic E-state index is 0.598. The Morgan fingerprint density at radius 3 is 2.93 bits per heavy atom. The van der Waals surface area contributed by atoms with E-state index < -0.39 is 0 Å². The van der Waals surface area contributed by atoms with Crippen LogP contribution in [-0.2, 0) is 0 Å². The number of nitrogens with zero attached hydrogens (tertiary/aromatic N) is 2. The van der Waals surface area contributed by atoms with E-state index in [0.717, 1.165) is 22.4 Å². The lowest BCUT2D eigenvalue weighted by molar-refractivity contribution is 1.10. The number of rotatable bonds is 2. The van der Waals surface area contributed by atoms with Crippen molar-refractivity contribution >= 4 is 22.4 Å². The number of hydrogen-bond acceptors (Lipinski definition) is 4. The van der Waals surface area contributed by atoms with Crippen molar-refractivity contribution in [1.82, 2.24) is 9.97 Å². The summed E-state index contributed by atoms with van der Waals surface area (Å²) in [6, 6.07) is 6.31. The number of nitrogens with one attached hydrogen (secondary N) is 1. The Bertz CT molecular complexity index is 505. The van der Waals surface area contributed by atoms with Crippen molar-refractivity contribution in [3.8, 4) is 0 Å². The van der Waals surface area contributed by atoms with Crippen LogP contribution in [0.5, 0.6) is 0 Å². The predicted octanol–water partition coefficient (Wildman–Crippen LogP) is 1.79. The molecule has 76 valence electrons. The van der Waals surface area contributed by atoms with Gasteiger partial charge in [-0.05, 0) is 31.0 Å². The zero-order valence-corrected chi connectivity index (χ0v) is 8.27. The molecule has 1 aliphatic carbocycles. The van der Waals surface area contributed by atoms with Crippen LogP contribution in [0.15, 0.2) is 24.5 Å². The topological polar surface area (TPSA) is 63.8 Å². The molecule has 0 unspecified atom stereocenters. The van der Waals surface area contributed by atoms with Gasteiger partial charge in [-0.2, -0.15) is 0 Å². The Labute approximate surface area is 87.5 Å². The number of benzene rings is 1. The van der Waals surface area contributed by atoms with Crippen LogP contribution in [0.25, 0.3) is 10.9 Å². The Morgan fingerprint density at radius 2 is 2.13 bits per heavy atom. The highest BCUT2D eigenvalue weighted by Gasteiger charge is 2.22. The quantitative estimate of drug-likeness (QED) is 0.725. The standard InChI is InChI=1S/C11H12N4/c12-7-1-4-9-10(5-7)13-6-14-11(9)15-8-2-3-8/h1,4-6,8H,2-3,12H2,(H,13,14,15). The maximum Gasteiger partial charge on any atom is 0.137 e. The van der Waals surface area contributed by atoms with Gasteiger partial charge in [0.1, 0.15) is 12.1 Å². The number of nitrogens with two attached hydrogens (primary N) is 1. The Balaban J connectivity index is 2.12. The minimum Gasteiger partial charge on any atom is -0.399 e. The summed E-state index contributed by atoms with van der Waals surface area (Å²) in [6.07, 6.45) is 4.05. The van der Waals surface area contributed by atoms with E-state index in [9.17, 15) is 0 Å². The molecule has 3 N–H and O–H groups in total. The molecule has 1 saturated carbocycles. The molecule has 0 radical (unpaired) electrons. The van der Waals surface area contributed by atoms with Crippen LogP contribution < -0.4 is 11.1 Å². The molecule has 1 aliphatic rings. The average Bonchev–Trinajstić information content (AvgIpc) is 3.01. The summed E-state index contributed by atoms with van der Waals surface area (Å²) in [5.74, 6) is 0.919. The summed E-state index contributed by atoms with van der Waals surface area (Å²) < 4.78 is 0. The number of fused-ring (bicyclic) bond motifs is 1. The van der Waals surface area contributed by atoms with E-state index >= 15 is 0 Å². The molecule has 1 fully saturated rings. The van der Waals surface area contributed by atoms with Crippen molar-refractivity contribution in [3.05, 3.63) is 24.5 Å². The van der Waals surface area contributed by atoms with E-state index in [1.807, 2.05) is 18.2 Å². The SMILES string of the molecule is Nc1ccc2c(NC3CC3)ncnc2c1. The highest BCUT2D eigenvalue weighted by molar-refractivity contribution is 5.90. The lowest BCUT2D eigenvalue weighted by atomic mass is 10.2. The summed E-state index contributed by atoms with van der Waals surface area (Å²) in [5.41, 5.74) is 7.34. The van der Waals surface area contributed by atoms with Crippen molar-refractivity contribution in [2.24, 2.45) is 0 Å². The number of aromatic nitrogens is 2. The van der Waals surface area contributed by atoms with Gasteiger partial charge in [-0.25, -0.2) is 9.97 Å². The van der Waals surface area contributed by atoms with Gasteiger partial charge in [0.2, 0.25) is 0 Å². The molecular weight excluding hydrogens is 188 g/mol. The molecule has 0 atom stereocenters. The Hall–Kier alpha value is -1.84. The molecule has 1 aromatic heterocycles. The highest BCUT2D eigenvalue weighted by atomic mass is 15.1. The van der Waals surface area contributed by atoms with Gasteiger partial charge < -0.3 is 11.1 Å². The van der Waals surface area contributed by atoms with Crippen molar-refractivity contribution < 1.29 is 0 Å². The fourth-order valence-electron chi connectivity index (χ4n) is 1.61. The van der Waals surface area contributed by atoms with Gasteiger partial charge in [-0.1, -0.05) is 0 Å². The summed E-state index contributed by atoms with van der Waals surface area (Å²) in [5, 5.41) is 4.43. The van der Waals surface area contributed by atoms with Crippen LogP contribution in [0.2, 0.25) is 0 Å². The van der Waals surface area contributed by atoms with Gasteiger partial charge in [-0.3, -0.25) is 0 Å². The van der Waals surface area contributed by atoms with E-state index in [1.165, 1.54) is 12.8 Å². The van der Waals surface area contributed by atoms with Gasteiger partial charge in [0.05, 0.1) is 5.52 Å². The second-order valence-corrected chi connectivity index (χ2v) is 3.92. The van der Waals surface area contributed by atoms with Crippen LogP contribution in [0.3, 0.4) is 0 Å². The molecule has 15 heavy (non-hydrogen) atoms. The molecule has 3 rings (SSSR count). The van der Waals surface area contributed by atoms with Crippen LogP contribution >= 0.6 is 0 Å². The van der Waals surface area contributed by atoms with Crippen molar-refractivity contribution in [1.29, 1.82) is 0 Å². The fourth-order valence-corrected chi connectivity index (χ4v) is 1.61. The first-order valence-electron chi connectivity index (χ1n) is 5.10. The van der Waals surface area contributed by atoms with Crippen LogP contribution in [-0.4, -0.2) is 16.0 Å². The predicted molar refractivity (Wildman–Crippen MR) is 60.6 cm³/mol. The molecule has 1 aromatic carbocycles. The first-order valence-corrected chi connectivity index (χ1v) is 5.10. The molecule has 0 aliphatic heterocycles. The summed E-state index contributed by atoms with van der Waals surface area (Å²) in [7, 11) is 0. The molecule has 1 heterocycles. The normalized spacial score (nSPS) is 15.5. The molecule has 4 nitrogen and oxygen atoms in total. The van der Waals surface area contributed by atoms with Gasteiger partial charge in [0, 0.05) is 17.1 Å². The second kappa shape index (κ2) is 3.08. The minimum atomic E-state index is 0.598. The molecule has 0 bridgehead atoms. The van der Waals surface area contributed by atoms with E-state index in [0.29, 0.717) is 6.04 Å². The summed E-state index contributed by atoms with van der Waals surface area (Å²) >= 11 is 0. The summed E-state index contributed by atoms with van der Waals surface area (Å²) in [4.78, 5) is 8.45. The number of nitrogen functional groups attached to an aromatic ring is 1. The molecule has 0 amide bonds. The molecule has 2 aromatic rings. The molecule has 4 heteroatoms. The van der Waals surface area contributed by atoms with Crippen molar-refractivity contribution in [2.45, 2.75) is 18.9 Å².